The first kappa shape index (κ1) is 12.6. The molecule has 0 saturated heterocycles. The van der Waals surface area contributed by atoms with Crippen LogP contribution in [-0.4, -0.2) is 17.7 Å². The molecule has 0 bridgehead atoms. The molecule has 0 fully saturated rings. The molecule has 0 aromatic carbocycles. The van der Waals surface area contributed by atoms with E-state index in [1.165, 1.54) is 30.6 Å². The van der Waals surface area contributed by atoms with Crippen LogP contribution in [0.25, 0.3) is 0 Å². The highest BCUT2D eigenvalue weighted by Gasteiger charge is 2.06. The van der Waals surface area contributed by atoms with Gasteiger partial charge in [0.1, 0.15) is 5.94 Å². The van der Waals surface area contributed by atoms with Gasteiger partial charge in [-0.25, -0.2) is 4.79 Å². The lowest BCUT2D eigenvalue weighted by atomic mass is 10.3. The Morgan fingerprint density at radius 3 is 3.07 bits per heavy atom. The van der Waals surface area contributed by atoms with Crippen molar-refractivity contribution in [2.24, 2.45) is 0 Å². The molecule has 84 valence electrons. The number of carbonyl (C=O) groups excluding carboxylic acids is 1. The van der Waals surface area contributed by atoms with E-state index < -0.39 is 0 Å². The Bertz CT molecular complexity index is 270. The maximum atomic E-state index is 11.4. The van der Waals surface area contributed by atoms with Crippen LogP contribution >= 0.6 is 23.1 Å². The van der Waals surface area contributed by atoms with Crippen LogP contribution in [0.15, 0.2) is 16.8 Å². The SMILES string of the molecule is CCCCCSCOC(=O)c1ccsc1. The zero-order valence-corrected chi connectivity index (χ0v) is 10.5. The number of thioether (sulfide) groups is 1. The molecule has 1 aromatic heterocycles. The van der Waals surface area contributed by atoms with Gasteiger partial charge in [-0.05, 0) is 23.6 Å². The molecule has 4 heteroatoms. The second-order valence-corrected chi connectivity index (χ2v) is 5.01. The zero-order valence-electron chi connectivity index (χ0n) is 8.90. The van der Waals surface area contributed by atoms with E-state index in [1.807, 2.05) is 10.8 Å². The molecule has 2 nitrogen and oxygen atoms in total. The summed E-state index contributed by atoms with van der Waals surface area (Å²) in [6, 6.07) is 1.79. The third-order valence-electron chi connectivity index (χ3n) is 1.92. The van der Waals surface area contributed by atoms with Gasteiger partial charge in [-0.2, -0.15) is 11.3 Å². The molecule has 0 radical (unpaired) electrons. The summed E-state index contributed by atoms with van der Waals surface area (Å²) >= 11 is 3.19. The Hall–Kier alpha value is -0.480. The van der Waals surface area contributed by atoms with Crippen LogP contribution in [0.1, 0.15) is 36.5 Å². The van der Waals surface area contributed by atoms with E-state index in [0.29, 0.717) is 11.5 Å². The fourth-order valence-electron chi connectivity index (χ4n) is 1.07. The van der Waals surface area contributed by atoms with Crippen LogP contribution in [0.2, 0.25) is 0 Å². The van der Waals surface area contributed by atoms with Gasteiger partial charge in [0.2, 0.25) is 0 Å². The Balaban J connectivity index is 2.03. The molecule has 15 heavy (non-hydrogen) atoms. The number of carbonyl (C=O) groups is 1. The van der Waals surface area contributed by atoms with E-state index in [0.717, 1.165) is 5.75 Å². The summed E-state index contributed by atoms with van der Waals surface area (Å²) in [6.07, 6.45) is 3.69. The molecule has 0 saturated carbocycles. The van der Waals surface area contributed by atoms with Crippen molar-refractivity contribution in [1.29, 1.82) is 0 Å². The number of thiophene rings is 1. The average Bonchev–Trinajstić information content (AvgIpc) is 2.76. The van der Waals surface area contributed by atoms with Crippen LogP contribution < -0.4 is 0 Å². The van der Waals surface area contributed by atoms with Gasteiger partial charge in [-0.15, -0.1) is 11.8 Å². The molecule has 1 heterocycles. The molecule has 0 aliphatic rings. The third-order valence-corrected chi connectivity index (χ3v) is 3.47. The van der Waals surface area contributed by atoms with Gasteiger partial charge in [0.15, 0.2) is 0 Å². The van der Waals surface area contributed by atoms with Crippen molar-refractivity contribution >= 4 is 29.1 Å². The van der Waals surface area contributed by atoms with Crippen molar-refractivity contribution in [2.45, 2.75) is 26.2 Å². The van der Waals surface area contributed by atoms with E-state index >= 15 is 0 Å². The lowest BCUT2D eigenvalue weighted by Gasteiger charge is -2.02. The van der Waals surface area contributed by atoms with Crippen LogP contribution in [-0.2, 0) is 4.74 Å². The fraction of sp³-hybridized carbons (Fsp3) is 0.545. The lowest BCUT2D eigenvalue weighted by Crippen LogP contribution is -2.03. The highest BCUT2D eigenvalue weighted by Crippen LogP contribution is 2.10. The average molecular weight is 244 g/mol. The van der Waals surface area contributed by atoms with Crippen LogP contribution in [0.3, 0.4) is 0 Å². The maximum Gasteiger partial charge on any atom is 0.339 e. The molecule has 0 unspecified atom stereocenters. The molecule has 1 rings (SSSR count). The van der Waals surface area contributed by atoms with E-state index in [9.17, 15) is 4.79 Å². The lowest BCUT2D eigenvalue weighted by molar-refractivity contribution is 0.0580. The van der Waals surface area contributed by atoms with Crippen molar-refractivity contribution < 1.29 is 9.53 Å². The Morgan fingerprint density at radius 2 is 2.40 bits per heavy atom. The molecule has 0 spiro atoms. The number of unbranched alkanes of at least 4 members (excludes halogenated alkanes) is 2. The quantitative estimate of drug-likeness (QED) is 0.415. The number of hydrogen-bond acceptors (Lipinski definition) is 4. The first-order valence-electron chi connectivity index (χ1n) is 5.11. The molecular formula is C11H16O2S2. The molecule has 1 aromatic rings. The Kier molecular flexibility index (Phi) is 6.52. The van der Waals surface area contributed by atoms with Crippen molar-refractivity contribution in [3.8, 4) is 0 Å². The number of ether oxygens (including phenoxy) is 1. The van der Waals surface area contributed by atoms with Gasteiger partial charge in [0, 0.05) is 5.38 Å². The van der Waals surface area contributed by atoms with Crippen molar-refractivity contribution in [2.75, 3.05) is 11.7 Å². The highest BCUT2D eigenvalue weighted by atomic mass is 32.2. The molecule has 0 aliphatic carbocycles. The van der Waals surface area contributed by atoms with Crippen LogP contribution in [0, 0.1) is 0 Å². The van der Waals surface area contributed by atoms with Gasteiger partial charge in [0.25, 0.3) is 0 Å². The van der Waals surface area contributed by atoms with Crippen molar-refractivity contribution in [1.82, 2.24) is 0 Å². The summed E-state index contributed by atoms with van der Waals surface area (Å²) in [7, 11) is 0. The highest BCUT2D eigenvalue weighted by molar-refractivity contribution is 7.99. The fourth-order valence-corrected chi connectivity index (χ4v) is 2.41. The van der Waals surface area contributed by atoms with E-state index in [1.54, 1.807) is 17.8 Å². The van der Waals surface area contributed by atoms with E-state index in [2.05, 4.69) is 6.92 Å². The number of hydrogen-bond donors (Lipinski definition) is 0. The van der Waals surface area contributed by atoms with Gasteiger partial charge < -0.3 is 4.74 Å². The largest absolute Gasteiger partial charge is 0.451 e. The second kappa shape index (κ2) is 7.77. The Morgan fingerprint density at radius 1 is 1.53 bits per heavy atom. The number of esters is 1. The zero-order chi connectivity index (χ0) is 10.9. The summed E-state index contributed by atoms with van der Waals surface area (Å²) in [5.41, 5.74) is 0.661. The molecule has 0 aliphatic heterocycles. The minimum absolute atomic E-state index is 0.209. The second-order valence-electron chi connectivity index (χ2n) is 3.18. The Labute approximate surface area is 99.0 Å². The summed E-state index contributed by atoms with van der Waals surface area (Å²) in [5.74, 6) is 1.34. The van der Waals surface area contributed by atoms with Gasteiger partial charge in [-0.3, -0.25) is 0 Å². The van der Waals surface area contributed by atoms with Crippen molar-refractivity contribution in [3.63, 3.8) is 0 Å². The summed E-state index contributed by atoms with van der Waals surface area (Å²) in [5, 5.41) is 3.69. The van der Waals surface area contributed by atoms with Crippen LogP contribution in [0.5, 0.6) is 0 Å². The summed E-state index contributed by atoms with van der Waals surface area (Å²) < 4.78 is 5.10. The first-order chi connectivity index (χ1) is 7.34. The third kappa shape index (κ3) is 5.23. The predicted molar refractivity (Wildman–Crippen MR) is 66.6 cm³/mol. The molecule has 0 atom stereocenters. The van der Waals surface area contributed by atoms with Crippen molar-refractivity contribution in [3.05, 3.63) is 22.4 Å². The van der Waals surface area contributed by atoms with Gasteiger partial charge in [-0.1, -0.05) is 19.8 Å². The van der Waals surface area contributed by atoms with E-state index in [4.69, 9.17) is 4.74 Å². The van der Waals surface area contributed by atoms with Gasteiger partial charge in [0.05, 0.1) is 5.56 Å². The minimum Gasteiger partial charge on any atom is -0.451 e. The van der Waals surface area contributed by atoms with Gasteiger partial charge >= 0.3 is 5.97 Å². The monoisotopic (exact) mass is 244 g/mol. The molecular weight excluding hydrogens is 228 g/mol. The summed E-state index contributed by atoms with van der Waals surface area (Å²) in [6.45, 7) is 2.18. The summed E-state index contributed by atoms with van der Waals surface area (Å²) in [4.78, 5) is 11.4. The smallest absolute Gasteiger partial charge is 0.339 e. The number of rotatable bonds is 7. The minimum atomic E-state index is -0.209. The van der Waals surface area contributed by atoms with Crippen LogP contribution in [0.4, 0.5) is 0 Å². The first-order valence-corrected chi connectivity index (χ1v) is 7.21. The topological polar surface area (TPSA) is 26.3 Å². The standard InChI is InChI=1S/C11H16O2S2/c1-2-3-4-6-15-9-13-11(12)10-5-7-14-8-10/h5,7-8H,2-4,6,9H2,1H3. The van der Waals surface area contributed by atoms with E-state index in [-0.39, 0.29) is 5.97 Å². The molecule has 0 amide bonds. The molecule has 0 N–H and O–H groups in total. The maximum absolute atomic E-state index is 11.4. The normalized spacial score (nSPS) is 10.2. The predicted octanol–water partition coefficient (Wildman–Crippen LogP) is 3.79.